The number of aryl methyl sites for hydroxylation is 1. The minimum atomic E-state index is -1.14. The molecule has 0 aliphatic carbocycles. The fourth-order valence-electron chi connectivity index (χ4n) is 4.27. The van der Waals surface area contributed by atoms with Crippen molar-refractivity contribution in [3.05, 3.63) is 29.5 Å². The Kier molecular flexibility index (Phi) is 5.55. The predicted molar refractivity (Wildman–Crippen MR) is 89.5 cm³/mol. The van der Waals surface area contributed by atoms with Crippen molar-refractivity contribution in [2.45, 2.75) is 38.9 Å². The molecule has 1 atom stereocenters. The number of carbonyl (C=O) groups excluding carboxylic acids is 1. The smallest absolute Gasteiger partial charge is 0.545 e. The molecule has 0 radical (unpaired) electrons. The van der Waals surface area contributed by atoms with E-state index in [0.29, 0.717) is 24.5 Å². The third-order valence-corrected chi connectivity index (χ3v) is 5.56. The van der Waals surface area contributed by atoms with Crippen LogP contribution in [0.1, 0.15) is 35.8 Å². The first-order valence-corrected chi connectivity index (χ1v) is 8.83. The van der Waals surface area contributed by atoms with Crippen LogP contribution in [0.2, 0.25) is 0 Å². The molecule has 7 heteroatoms. The van der Waals surface area contributed by atoms with Crippen LogP contribution >= 0.6 is 0 Å². The summed E-state index contributed by atoms with van der Waals surface area (Å²) in [5, 5.41) is 20.5. The number of hydrogen-bond donors (Lipinski definition) is 1. The van der Waals surface area contributed by atoms with Gasteiger partial charge >= 0.3 is 18.9 Å². The maximum Gasteiger partial charge on any atom is 1.00 e. The molecule has 25 heavy (non-hydrogen) atoms. The predicted octanol–water partition coefficient (Wildman–Crippen LogP) is -2.39. The van der Waals surface area contributed by atoms with Crippen LogP contribution in [0.5, 0.6) is 0 Å². The molecule has 4 heterocycles. The molecule has 3 saturated heterocycles. The Labute approximate surface area is 159 Å². The van der Waals surface area contributed by atoms with E-state index in [4.69, 9.17) is 0 Å². The summed E-state index contributed by atoms with van der Waals surface area (Å²) in [6, 6.07) is 5.77. The Morgan fingerprint density at radius 2 is 2.12 bits per heavy atom. The van der Waals surface area contributed by atoms with Crippen molar-refractivity contribution in [1.82, 2.24) is 20.0 Å². The number of carbonyl (C=O) groups is 1. The molecule has 0 saturated carbocycles. The number of nitrogens with one attached hydrogen (secondary N) is 1. The van der Waals surface area contributed by atoms with Crippen molar-refractivity contribution < 1.29 is 28.8 Å². The van der Waals surface area contributed by atoms with Crippen molar-refractivity contribution in [1.29, 1.82) is 0 Å². The molecule has 1 aromatic carbocycles. The van der Waals surface area contributed by atoms with Gasteiger partial charge in [0.1, 0.15) is 0 Å². The largest absolute Gasteiger partial charge is 1.00 e. The van der Waals surface area contributed by atoms with E-state index in [2.05, 4.69) is 15.3 Å². The molecular formula is C18H23LiN4O2. The van der Waals surface area contributed by atoms with E-state index in [1.807, 2.05) is 17.7 Å². The van der Waals surface area contributed by atoms with Gasteiger partial charge in [-0.2, -0.15) is 5.10 Å². The van der Waals surface area contributed by atoms with Crippen LogP contribution in [0.3, 0.4) is 0 Å². The molecule has 1 aromatic heterocycles. The molecule has 2 bridgehead atoms. The van der Waals surface area contributed by atoms with Gasteiger partial charge in [0.2, 0.25) is 0 Å². The molecule has 1 N–H and O–H groups in total. The number of nitrogens with zero attached hydrogens (tertiary/aromatic N) is 3. The fourth-order valence-corrected chi connectivity index (χ4v) is 4.27. The number of rotatable bonds is 5. The number of aromatic carboxylic acids is 1. The van der Waals surface area contributed by atoms with Crippen LogP contribution in [-0.4, -0.2) is 46.3 Å². The standard InChI is InChI=1S/C18H24N4O2.Li/c1-2-22-16-5-3-4-13(18(23)24)17(16)14(20-22)10-19-15-11-21-8-6-12(15)7-9-21;/h3-5,12,15,19H,2,6-11H2,1H3,(H,23,24);/q;+1/p-1/t15-;/m0./s1. The van der Waals surface area contributed by atoms with Crippen LogP contribution in [0.25, 0.3) is 10.9 Å². The summed E-state index contributed by atoms with van der Waals surface area (Å²) < 4.78 is 1.87. The molecule has 3 fully saturated rings. The van der Waals surface area contributed by atoms with E-state index < -0.39 is 5.97 Å². The zero-order valence-corrected chi connectivity index (χ0v) is 15.0. The second kappa shape index (κ2) is 7.51. The second-order valence-corrected chi connectivity index (χ2v) is 6.88. The van der Waals surface area contributed by atoms with E-state index in [1.54, 1.807) is 12.1 Å². The molecule has 0 unspecified atom stereocenters. The normalized spacial score (nSPS) is 25.1. The summed E-state index contributed by atoms with van der Waals surface area (Å²) in [6.45, 7) is 6.85. The minimum absolute atomic E-state index is 0. The van der Waals surface area contributed by atoms with Gasteiger partial charge in [-0.25, -0.2) is 0 Å². The summed E-state index contributed by atoms with van der Waals surface area (Å²) in [4.78, 5) is 14.0. The van der Waals surface area contributed by atoms with Crippen LogP contribution < -0.4 is 29.3 Å². The topological polar surface area (TPSA) is 73.2 Å². The fraction of sp³-hybridized carbons (Fsp3) is 0.556. The summed E-state index contributed by atoms with van der Waals surface area (Å²) in [6.07, 6.45) is 2.51. The quantitative estimate of drug-likeness (QED) is 0.618. The average molecular weight is 334 g/mol. The van der Waals surface area contributed by atoms with Gasteiger partial charge in [-0.05, 0) is 44.8 Å². The number of piperidine rings is 3. The van der Waals surface area contributed by atoms with Crippen molar-refractivity contribution in [2.24, 2.45) is 5.92 Å². The average Bonchev–Trinajstić information content (AvgIpc) is 2.99. The maximum absolute atomic E-state index is 11.5. The van der Waals surface area contributed by atoms with Crippen LogP contribution in [-0.2, 0) is 13.1 Å². The summed E-state index contributed by atoms with van der Waals surface area (Å²) in [5.41, 5.74) is 1.91. The van der Waals surface area contributed by atoms with Crippen molar-refractivity contribution in [3.63, 3.8) is 0 Å². The Hall–Kier alpha value is -1.32. The van der Waals surface area contributed by atoms with Gasteiger partial charge in [-0.1, -0.05) is 12.1 Å². The summed E-state index contributed by atoms with van der Waals surface area (Å²) in [7, 11) is 0. The Bertz CT molecular complexity index is 768. The third-order valence-electron chi connectivity index (χ3n) is 5.56. The van der Waals surface area contributed by atoms with Crippen molar-refractivity contribution >= 4 is 16.9 Å². The monoisotopic (exact) mass is 334 g/mol. The molecule has 3 aliphatic heterocycles. The van der Waals surface area contributed by atoms with E-state index in [-0.39, 0.29) is 24.4 Å². The number of fused-ring (bicyclic) bond motifs is 4. The van der Waals surface area contributed by atoms with E-state index in [0.717, 1.165) is 23.7 Å². The molecule has 6 nitrogen and oxygen atoms in total. The van der Waals surface area contributed by atoms with Crippen molar-refractivity contribution in [3.8, 4) is 0 Å². The Morgan fingerprint density at radius 3 is 2.72 bits per heavy atom. The number of carboxylic acid groups (broad SMARTS) is 1. The van der Waals surface area contributed by atoms with Crippen LogP contribution in [0.15, 0.2) is 18.2 Å². The van der Waals surface area contributed by atoms with Gasteiger partial charge in [0.05, 0.1) is 17.2 Å². The second-order valence-electron chi connectivity index (χ2n) is 6.88. The number of hydrogen-bond acceptors (Lipinski definition) is 5. The van der Waals surface area contributed by atoms with E-state index in [9.17, 15) is 9.90 Å². The van der Waals surface area contributed by atoms with Gasteiger partial charge in [0, 0.05) is 36.6 Å². The third kappa shape index (κ3) is 3.37. The molecule has 0 spiro atoms. The van der Waals surface area contributed by atoms with E-state index >= 15 is 0 Å². The zero-order chi connectivity index (χ0) is 16.7. The number of carboxylic acids is 1. The Balaban J connectivity index is 0.00000182. The molecule has 2 aromatic rings. The van der Waals surface area contributed by atoms with Gasteiger partial charge in [0.15, 0.2) is 0 Å². The molecule has 3 aliphatic rings. The van der Waals surface area contributed by atoms with Gasteiger partial charge in [-0.3, -0.25) is 4.68 Å². The molecule has 0 amide bonds. The summed E-state index contributed by atoms with van der Waals surface area (Å²) in [5.74, 6) is -0.407. The van der Waals surface area contributed by atoms with Crippen LogP contribution in [0, 0.1) is 5.92 Å². The number of aromatic nitrogens is 2. The van der Waals surface area contributed by atoms with E-state index in [1.165, 1.54) is 25.9 Å². The SMILES string of the molecule is CCn1nc(CN[C@H]2CN3CCC2CC3)c2c(C(=O)[O-])cccc21.[Li+]. The Morgan fingerprint density at radius 1 is 1.36 bits per heavy atom. The van der Waals surface area contributed by atoms with Crippen molar-refractivity contribution in [2.75, 3.05) is 19.6 Å². The van der Waals surface area contributed by atoms with Crippen LogP contribution in [0.4, 0.5) is 0 Å². The first kappa shape index (κ1) is 18.5. The first-order chi connectivity index (χ1) is 11.7. The molecule has 5 rings (SSSR count). The maximum atomic E-state index is 11.5. The summed E-state index contributed by atoms with van der Waals surface area (Å²) >= 11 is 0. The van der Waals surface area contributed by atoms with Gasteiger partial charge in [0.25, 0.3) is 0 Å². The van der Waals surface area contributed by atoms with Gasteiger partial charge in [-0.15, -0.1) is 0 Å². The zero-order valence-electron chi connectivity index (χ0n) is 15.0. The molecular weight excluding hydrogens is 311 g/mol. The minimum Gasteiger partial charge on any atom is -0.545 e. The first-order valence-electron chi connectivity index (χ1n) is 8.83. The molecule has 128 valence electrons. The number of benzene rings is 1. The van der Waals surface area contributed by atoms with Gasteiger partial charge < -0.3 is 20.1 Å².